The van der Waals surface area contributed by atoms with E-state index in [4.69, 9.17) is 9.97 Å². The highest BCUT2D eigenvalue weighted by atomic mass is 14.8. The summed E-state index contributed by atoms with van der Waals surface area (Å²) in [6, 6.07) is 45.4. The Morgan fingerprint density at radius 1 is 0.321 bits per heavy atom. The molecule has 0 aliphatic carbocycles. The van der Waals surface area contributed by atoms with E-state index in [1.54, 1.807) is 0 Å². The van der Waals surface area contributed by atoms with Crippen LogP contribution in [-0.2, 0) is 51.4 Å². The van der Waals surface area contributed by atoms with Crippen molar-refractivity contribution in [2.75, 3.05) is 0 Å². The van der Waals surface area contributed by atoms with Crippen LogP contribution in [0.5, 0.6) is 0 Å². The molecule has 2 N–H and O–H groups in total. The first-order valence-electron chi connectivity index (χ1n) is 20.7. The number of nitrogens with zero attached hydrogens (tertiary/aromatic N) is 2. The maximum absolute atomic E-state index is 5.60. The summed E-state index contributed by atoms with van der Waals surface area (Å²) in [4.78, 5) is 19.1. The average Bonchev–Trinajstić information content (AvgIpc) is 4.10. The number of aromatic amines is 2. The largest absolute Gasteiger partial charge is 0.354 e. The number of nitrogens with one attached hydrogen (secondary N) is 2. The van der Waals surface area contributed by atoms with Gasteiger partial charge in [0.05, 0.1) is 22.8 Å². The van der Waals surface area contributed by atoms with Crippen LogP contribution in [0.1, 0.15) is 72.7 Å². The summed E-state index contributed by atoms with van der Waals surface area (Å²) in [5.74, 6) is 0. The van der Waals surface area contributed by atoms with Gasteiger partial charge in [0.1, 0.15) is 0 Å². The highest BCUT2D eigenvalue weighted by Crippen LogP contribution is 2.38. The van der Waals surface area contributed by atoms with Crippen LogP contribution < -0.4 is 0 Å². The number of rotatable bonds is 8. The van der Waals surface area contributed by atoms with Gasteiger partial charge in [-0.1, -0.05) is 125 Å². The predicted octanol–water partition coefficient (Wildman–Crippen LogP) is 12.8. The van der Waals surface area contributed by atoms with Crippen molar-refractivity contribution in [3.8, 4) is 44.5 Å². The zero-order valence-corrected chi connectivity index (χ0v) is 33.1. The summed E-state index contributed by atoms with van der Waals surface area (Å²) < 4.78 is 0. The van der Waals surface area contributed by atoms with Gasteiger partial charge in [0.25, 0.3) is 0 Å². The number of aromatic nitrogens is 4. The summed E-state index contributed by atoms with van der Waals surface area (Å²) in [5.41, 5.74) is 23.5. The highest BCUT2D eigenvalue weighted by molar-refractivity contribution is 5.92. The van der Waals surface area contributed by atoms with Crippen LogP contribution in [0.15, 0.2) is 121 Å². The minimum absolute atomic E-state index is 0.861. The molecule has 2 aliphatic rings. The lowest BCUT2D eigenvalue weighted by Crippen LogP contribution is -1.91. The molecular weight excluding hydrogens is 681 g/mol. The number of benzene rings is 4. The third kappa shape index (κ3) is 6.68. The van der Waals surface area contributed by atoms with Gasteiger partial charge in [0, 0.05) is 44.3 Å². The number of hydrogen-bond acceptors (Lipinski definition) is 2. The second-order valence-electron chi connectivity index (χ2n) is 15.3. The summed E-state index contributed by atoms with van der Waals surface area (Å²) in [6.07, 6.45) is 7.47. The number of H-pyrrole nitrogens is 2. The van der Waals surface area contributed by atoms with Gasteiger partial charge in [-0.3, -0.25) is 9.97 Å². The van der Waals surface area contributed by atoms with E-state index < -0.39 is 0 Å². The Balaban J connectivity index is 1.43. The van der Waals surface area contributed by atoms with Crippen molar-refractivity contribution in [2.45, 2.75) is 79.1 Å². The second kappa shape index (κ2) is 15.3. The summed E-state index contributed by atoms with van der Waals surface area (Å²) in [7, 11) is 0. The third-order valence-corrected chi connectivity index (χ3v) is 11.9. The van der Waals surface area contributed by atoms with Gasteiger partial charge in [0.2, 0.25) is 0 Å². The van der Waals surface area contributed by atoms with Gasteiger partial charge < -0.3 is 9.97 Å². The molecular formula is C52H50N4. The minimum atomic E-state index is 0.861. The normalized spacial score (nSPS) is 12.6. The molecule has 0 atom stereocenters. The summed E-state index contributed by atoms with van der Waals surface area (Å²) in [6.45, 7) is 8.86. The second-order valence-corrected chi connectivity index (χ2v) is 15.3. The molecule has 0 spiro atoms. The fourth-order valence-electron chi connectivity index (χ4n) is 8.66. The van der Waals surface area contributed by atoms with Gasteiger partial charge in [-0.15, -0.1) is 0 Å². The van der Waals surface area contributed by atoms with Crippen molar-refractivity contribution in [3.63, 3.8) is 0 Å². The molecule has 4 heteroatoms. The van der Waals surface area contributed by atoms with E-state index in [9.17, 15) is 0 Å². The van der Waals surface area contributed by atoms with E-state index in [2.05, 4.69) is 159 Å². The zero-order valence-electron chi connectivity index (χ0n) is 33.1. The van der Waals surface area contributed by atoms with E-state index in [0.29, 0.717) is 0 Å². The van der Waals surface area contributed by atoms with E-state index >= 15 is 0 Å². The molecule has 7 aromatic rings. The lowest BCUT2D eigenvalue weighted by Gasteiger charge is -2.08. The molecule has 3 aromatic heterocycles. The van der Waals surface area contributed by atoms with Crippen molar-refractivity contribution >= 4 is 22.1 Å². The Bertz CT molecular complexity index is 2320. The van der Waals surface area contributed by atoms with Crippen LogP contribution >= 0.6 is 0 Å². The molecule has 5 heterocycles. The van der Waals surface area contributed by atoms with Crippen molar-refractivity contribution in [1.82, 2.24) is 19.9 Å². The van der Waals surface area contributed by atoms with E-state index in [1.807, 2.05) is 0 Å². The number of fused-ring (bicyclic) bond motifs is 8. The van der Waals surface area contributed by atoms with Crippen LogP contribution in [-0.4, -0.2) is 19.9 Å². The quantitative estimate of drug-likeness (QED) is 0.164. The predicted molar refractivity (Wildman–Crippen MR) is 235 cm³/mol. The smallest absolute Gasteiger partial charge is 0.0510 e. The number of hydrogen-bond donors (Lipinski definition) is 2. The molecule has 0 fully saturated rings. The zero-order chi connectivity index (χ0) is 38.2. The topological polar surface area (TPSA) is 57.4 Å². The Kier molecular flexibility index (Phi) is 9.73. The van der Waals surface area contributed by atoms with Gasteiger partial charge in [-0.05, 0) is 120 Å². The molecule has 2 aliphatic heterocycles. The summed E-state index contributed by atoms with van der Waals surface area (Å²) >= 11 is 0. The van der Waals surface area contributed by atoms with Gasteiger partial charge in [0.15, 0.2) is 0 Å². The van der Waals surface area contributed by atoms with E-state index in [-0.39, 0.29) is 0 Å². The molecule has 0 radical (unpaired) electrons. The van der Waals surface area contributed by atoms with Gasteiger partial charge >= 0.3 is 0 Å². The molecule has 9 rings (SSSR count). The molecule has 278 valence electrons. The first-order valence-corrected chi connectivity index (χ1v) is 20.7. The van der Waals surface area contributed by atoms with E-state index in [1.165, 1.54) is 66.8 Å². The molecule has 4 nitrogen and oxygen atoms in total. The van der Waals surface area contributed by atoms with Crippen LogP contribution in [0.3, 0.4) is 0 Å². The van der Waals surface area contributed by atoms with Crippen molar-refractivity contribution in [1.29, 1.82) is 0 Å². The van der Waals surface area contributed by atoms with Crippen molar-refractivity contribution in [2.24, 2.45) is 0 Å². The van der Waals surface area contributed by atoms with Gasteiger partial charge in [-0.25, -0.2) is 0 Å². The Hall–Kier alpha value is -6.00. The van der Waals surface area contributed by atoms with Crippen LogP contribution in [0.2, 0.25) is 0 Å². The molecule has 8 bridgehead atoms. The maximum atomic E-state index is 5.60. The van der Waals surface area contributed by atoms with E-state index in [0.717, 1.165) is 96.2 Å². The minimum Gasteiger partial charge on any atom is -0.354 e. The maximum Gasteiger partial charge on any atom is 0.0510 e. The molecule has 0 unspecified atom stereocenters. The van der Waals surface area contributed by atoms with Gasteiger partial charge in [-0.2, -0.15) is 0 Å². The Labute approximate surface area is 330 Å². The standard InChI is InChI=1S/C52H50N4/c1-5-33-9-17-37(18-10-33)49-41-25-27-43(53-41)50(38-19-11-34(6-2)12-20-38)45-29-31-47(55-45)52(40-23-15-36(8-4)16-24-40)48-32-30-46(56-48)51(44-28-26-42(49)54-44)39-21-13-35(7-3)14-22-39/h9-25,27,30,32,53,56H,5-8,26,28-29,31H2,1-4H3. The molecule has 56 heavy (non-hydrogen) atoms. The molecule has 4 aromatic carbocycles. The van der Waals surface area contributed by atoms with Crippen LogP contribution in [0.25, 0.3) is 66.6 Å². The molecule has 0 saturated heterocycles. The highest BCUT2D eigenvalue weighted by Gasteiger charge is 2.22. The molecule has 0 saturated carbocycles. The van der Waals surface area contributed by atoms with Crippen LogP contribution in [0.4, 0.5) is 0 Å². The van der Waals surface area contributed by atoms with Crippen LogP contribution in [0, 0.1) is 0 Å². The Morgan fingerprint density at radius 2 is 0.536 bits per heavy atom. The summed E-state index contributed by atoms with van der Waals surface area (Å²) in [5, 5.41) is 0. The Morgan fingerprint density at radius 3 is 0.732 bits per heavy atom. The first-order chi connectivity index (χ1) is 27.5. The van der Waals surface area contributed by atoms with Crippen molar-refractivity contribution in [3.05, 3.63) is 166 Å². The number of aryl methyl sites for hydroxylation is 8. The molecule has 0 amide bonds. The SMILES string of the molecule is CCc1ccc(-c2c3nc(c(-c4ccc(CC)cc4)c4ccc([nH]4)c(-c4ccc(CC)cc4)c4nc(c(-c5ccc(CC)cc5)c5ccc2[nH]5)CC4)CC3)cc1. The lowest BCUT2D eigenvalue weighted by molar-refractivity contribution is 1.03. The lowest BCUT2D eigenvalue weighted by atomic mass is 9.99. The third-order valence-electron chi connectivity index (χ3n) is 11.9. The first kappa shape index (κ1) is 35.7. The monoisotopic (exact) mass is 730 g/mol. The fraction of sp³-hybridized carbons (Fsp3) is 0.231. The fourth-order valence-corrected chi connectivity index (χ4v) is 8.66. The average molecular weight is 731 g/mol. The van der Waals surface area contributed by atoms with Crippen molar-refractivity contribution < 1.29 is 0 Å².